The summed E-state index contributed by atoms with van der Waals surface area (Å²) < 4.78 is 0. The fourth-order valence-corrected chi connectivity index (χ4v) is 3.50. The molecule has 0 spiro atoms. The predicted octanol–water partition coefficient (Wildman–Crippen LogP) is 2.89. The zero-order valence-electron chi connectivity index (χ0n) is 11.4. The van der Waals surface area contributed by atoms with Gasteiger partial charge in [-0.15, -0.1) is 11.6 Å². The molecule has 1 aliphatic carbocycles. The number of hydrogen-bond donors (Lipinski definition) is 0. The van der Waals surface area contributed by atoms with Gasteiger partial charge in [0.05, 0.1) is 11.6 Å². The average molecular weight is 280 g/mol. The highest BCUT2D eigenvalue weighted by Gasteiger charge is 2.26. The normalized spacial score (nSPS) is 22.1. The number of pyridine rings is 1. The largest absolute Gasteiger partial charge is 0.369 e. The van der Waals surface area contributed by atoms with E-state index in [1.165, 1.54) is 44.5 Å². The van der Waals surface area contributed by atoms with Gasteiger partial charge in [0.25, 0.3) is 0 Å². The molecule has 4 heteroatoms. The Balaban J connectivity index is 1.59. The van der Waals surface area contributed by atoms with Crippen LogP contribution >= 0.6 is 11.6 Å². The third kappa shape index (κ3) is 3.03. The first-order valence-corrected chi connectivity index (χ1v) is 7.90. The number of aromatic nitrogens is 1. The molecule has 0 N–H and O–H groups in total. The average Bonchev–Trinajstić information content (AvgIpc) is 3.02. The van der Waals surface area contributed by atoms with Crippen LogP contribution in [-0.2, 0) is 5.88 Å². The monoisotopic (exact) mass is 279 g/mol. The molecule has 1 aromatic heterocycles. The predicted molar refractivity (Wildman–Crippen MR) is 79.8 cm³/mol. The topological polar surface area (TPSA) is 19.4 Å². The van der Waals surface area contributed by atoms with Crippen molar-refractivity contribution in [2.75, 3.05) is 31.1 Å². The van der Waals surface area contributed by atoms with Crippen LogP contribution in [0.5, 0.6) is 0 Å². The lowest BCUT2D eigenvalue weighted by Crippen LogP contribution is -2.49. The van der Waals surface area contributed by atoms with Gasteiger partial charge in [-0.3, -0.25) is 9.88 Å². The minimum absolute atomic E-state index is 0.496. The molecule has 19 heavy (non-hydrogen) atoms. The van der Waals surface area contributed by atoms with Crippen molar-refractivity contribution in [3.8, 4) is 0 Å². The summed E-state index contributed by atoms with van der Waals surface area (Å²) in [5, 5.41) is 0. The summed E-state index contributed by atoms with van der Waals surface area (Å²) in [4.78, 5) is 9.41. The maximum atomic E-state index is 5.86. The lowest BCUT2D eigenvalue weighted by molar-refractivity contribution is 0.187. The van der Waals surface area contributed by atoms with Gasteiger partial charge in [0.15, 0.2) is 0 Å². The minimum Gasteiger partial charge on any atom is -0.369 e. The van der Waals surface area contributed by atoms with Crippen molar-refractivity contribution < 1.29 is 0 Å². The van der Waals surface area contributed by atoms with Crippen LogP contribution in [0.25, 0.3) is 0 Å². The number of alkyl halides is 1. The smallest absolute Gasteiger partial charge is 0.0648 e. The molecule has 1 aliphatic heterocycles. The Morgan fingerprint density at radius 1 is 1.16 bits per heavy atom. The molecule has 2 aliphatic rings. The van der Waals surface area contributed by atoms with Gasteiger partial charge in [0, 0.05) is 44.1 Å². The molecule has 0 radical (unpaired) electrons. The molecule has 1 saturated carbocycles. The Bertz CT molecular complexity index is 410. The summed E-state index contributed by atoms with van der Waals surface area (Å²) >= 11 is 5.86. The number of nitrogens with zero attached hydrogens (tertiary/aromatic N) is 3. The second kappa shape index (κ2) is 6.10. The van der Waals surface area contributed by atoms with E-state index in [1.54, 1.807) is 0 Å². The van der Waals surface area contributed by atoms with E-state index in [4.69, 9.17) is 11.6 Å². The lowest BCUT2D eigenvalue weighted by Gasteiger charge is -2.39. The van der Waals surface area contributed by atoms with Gasteiger partial charge in [-0.25, -0.2) is 0 Å². The van der Waals surface area contributed by atoms with Crippen molar-refractivity contribution in [3.63, 3.8) is 0 Å². The third-order valence-corrected chi connectivity index (χ3v) is 4.73. The molecule has 0 atom stereocenters. The maximum absolute atomic E-state index is 5.86. The van der Waals surface area contributed by atoms with Gasteiger partial charge in [-0.05, 0) is 25.0 Å². The summed E-state index contributed by atoms with van der Waals surface area (Å²) in [6.45, 7) is 4.65. The molecule has 1 aromatic rings. The highest BCUT2D eigenvalue weighted by atomic mass is 35.5. The second-order valence-electron chi connectivity index (χ2n) is 5.60. The molecule has 0 unspecified atom stereocenters. The van der Waals surface area contributed by atoms with Crippen molar-refractivity contribution in [1.82, 2.24) is 9.88 Å². The third-order valence-electron chi connectivity index (χ3n) is 4.46. The van der Waals surface area contributed by atoms with Gasteiger partial charge in [-0.2, -0.15) is 0 Å². The van der Waals surface area contributed by atoms with Crippen molar-refractivity contribution in [2.45, 2.75) is 37.6 Å². The zero-order chi connectivity index (χ0) is 13.1. The van der Waals surface area contributed by atoms with Crippen LogP contribution in [0.4, 0.5) is 5.69 Å². The molecule has 0 amide bonds. The Morgan fingerprint density at radius 2 is 1.89 bits per heavy atom. The van der Waals surface area contributed by atoms with Crippen molar-refractivity contribution in [2.24, 2.45) is 0 Å². The SMILES string of the molecule is ClCc1cc(N2CCN(C3CCCC3)CC2)ccn1. The Hall–Kier alpha value is -0.800. The summed E-state index contributed by atoms with van der Waals surface area (Å²) in [5.41, 5.74) is 2.24. The van der Waals surface area contributed by atoms with E-state index < -0.39 is 0 Å². The molecule has 104 valence electrons. The van der Waals surface area contributed by atoms with E-state index in [9.17, 15) is 0 Å². The lowest BCUT2D eigenvalue weighted by atomic mass is 10.1. The first-order valence-electron chi connectivity index (χ1n) is 7.37. The highest BCUT2D eigenvalue weighted by molar-refractivity contribution is 6.16. The first-order chi connectivity index (χ1) is 9.36. The fourth-order valence-electron chi connectivity index (χ4n) is 3.35. The van der Waals surface area contributed by atoms with E-state index in [1.807, 2.05) is 6.20 Å². The Morgan fingerprint density at radius 3 is 2.58 bits per heavy atom. The number of piperazine rings is 1. The van der Waals surface area contributed by atoms with Crippen molar-refractivity contribution in [1.29, 1.82) is 0 Å². The minimum atomic E-state index is 0.496. The van der Waals surface area contributed by atoms with Crippen molar-refractivity contribution >= 4 is 17.3 Å². The number of anilines is 1. The van der Waals surface area contributed by atoms with Crippen LogP contribution in [0.15, 0.2) is 18.3 Å². The Kier molecular flexibility index (Phi) is 4.24. The van der Waals surface area contributed by atoms with E-state index in [0.29, 0.717) is 5.88 Å². The van der Waals surface area contributed by atoms with E-state index in [2.05, 4.69) is 26.9 Å². The second-order valence-corrected chi connectivity index (χ2v) is 5.87. The molecule has 2 fully saturated rings. The van der Waals surface area contributed by atoms with Crippen LogP contribution in [0, 0.1) is 0 Å². The van der Waals surface area contributed by atoms with Crippen LogP contribution in [0.3, 0.4) is 0 Å². The molecule has 2 heterocycles. The summed E-state index contributed by atoms with van der Waals surface area (Å²) in [7, 11) is 0. The standard InChI is InChI=1S/C15H22ClN3/c16-12-13-11-15(5-6-17-13)19-9-7-18(8-10-19)14-3-1-2-4-14/h5-6,11,14H,1-4,7-10,12H2. The molecule has 1 saturated heterocycles. The fraction of sp³-hybridized carbons (Fsp3) is 0.667. The van der Waals surface area contributed by atoms with Gasteiger partial charge in [-0.1, -0.05) is 12.8 Å². The number of rotatable bonds is 3. The summed E-state index contributed by atoms with van der Waals surface area (Å²) in [6, 6.07) is 5.08. The zero-order valence-corrected chi connectivity index (χ0v) is 12.1. The van der Waals surface area contributed by atoms with E-state index >= 15 is 0 Å². The van der Waals surface area contributed by atoms with Gasteiger partial charge < -0.3 is 4.90 Å². The number of halogens is 1. The van der Waals surface area contributed by atoms with E-state index in [-0.39, 0.29) is 0 Å². The molecular formula is C15H22ClN3. The quantitative estimate of drug-likeness (QED) is 0.793. The number of hydrogen-bond acceptors (Lipinski definition) is 3. The van der Waals surface area contributed by atoms with Crippen LogP contribution < -0.4 is 4.90 Å². The van der Waals surface area contributed by atoms with Crippen LogP contribution in [0.2, 0.25) is 0 Å². The molecular weight excluding hydrogens is 258 g/mol. The van der Waals surface area contributed by atoms with Crippen molar-refractivity contribution in [3.05, 3.63) is 24.0 Å². The van der Waals surface area contributed by atoms with E-state index in [0.717, 1.165) is 24.8 Å². The molecule has 0 bridgehead atoms. The highest BCUT2D eigenvalue weighted by Crippen LogP contribution is 2.25. The Labute approximate surface area is 120 Å². The summed E-state index contributed by atoms with van der Waals surface area (Å²) in [5.74, 6) is 0.496. The maximum Gasteiger partial charge on any atom is 0.0648 e. The molecule has 3 nitrogen and oxygen atoms in total. The first kappa shape index (κ1) is 13.2. The molecule has 3 rings (SSSR count). The van der Waals surface area contributed by atoms with Gasteiger partial charge in [0.1, 0.15) is 0 Å². The summed E-state index contributed by atoms with van der Waals surface area (Å²) in [6.07, 6.45) is 7.54. The van der Waals surface area contributed by atoms with Crippen LogP contribution in [-0.4, -0.2) is 42.1 Å². The van der Waals surface area contributed by atoms with Crippen LogP contribution in [0.1, 0.15) is 31.4 Å². The van der Waals surface area contributed by atoms with Gasteiger partial charge in [0.2, 0.25) is 0 Å². The van der Waals surface area contributed by atoms with Gasteiger partial charge >= 0.3 is 0 Å². The molecule has 0 aromatic carbocycles.